The molecule has 4 aromatic rings. The smallest absolute Gasteiger partial charge is 0.260 e. The van der Waals surface area contributed by atoms with Crippen LogP contribution in [0.4, 0.5) is 5.82 Å². The molecular formula is C20H17N5O2. The van der Waals surface area contributed by atoms with Crippen LogP contribution in [-0.4, -0.2) is 25.7 Å². The molecule has 0 bridgehead atoms. The van der Waals surface area contributed by atoms with Gasteiger partial charge >= 0.3 is 0 Å². The van der Waals surface area contributed by atoms with Gasteiger partial charge in [-0.2, -0.15) is 9.78 Å². The van der Waals surface area contributed by atoms with E-state index in [1.165, 1.54) is 4.68 Å². The van der Waals surface area contributed by atoms with Crippen molar-refractivity contribution in [3.05, 3.63) is 81.8 Å². The Labute approximate surface area is 154 Å². The van der Waals surface area contributed by atoms with Gasteiger partial charge in [-0.1, -0.05) is 29.8 Å². The van der Waals surface area contributed by atoms with Crippen molar-refractivity contribution >= 4 is 22.6 Å². The summed E-state index contributed by atoms with van der Waals surface area (Å²) in [5, 5.41) is 7.70. The molecule has 2 N–H and O–H groups in total. The summed E-state index contributed by atoms with van der Waals surface area (Å²) < 4.78 is 1.43. The number of amides is 1. The van der Waals surface area contributed by atoms with Crippen LogP contribution in [0.5, 0.6) is 0 Å². The van der Waals surface area contributed by atoms with E-state index in [1.54, 1.807) is 43.3 Å². The number of anilines is 1. The number of carbonyl (C=O) groups is 1. The second kappa shape index (κ2) is 6.53. The molecule has 0 spiro atoms. The Morgan fingerprint density at radius 3 is 2.70 bits per heavy atom. The zero-order chi connectivity index (χ0) is 19.0. The maximum absolute atomic E-state index is 12.6. The molecule has 7 nitrogen and oxygen atoms in total. The van der Waals surface area contributed by atoms with Gasteiger partial charge in [0, 0.05) is 11.6 Å². The van der Waals surface area contributed by atoms with Gasteiger partial charge in [0.1, 0.15) is 5.82 Å². The van der Waals surface area contributed by atoms with Crippen molar-refractivity contribution in [2.45, 2.75) is 13.8 Å². The van der Waals surface area contributed by atoms with Gasteiger partial charge in [-0.15, -0.1) is 0 Å². The third-order valence-corrected chi connectivity index (χ3v) is 4.15. The molecule has 2 aromatic heterocycles. The van der Waals surface area contributed by atoms with E-state index in [9.17, 15) is 9.59 Å². The molecule has 27 heavy (non-hydrogen) atoms. The minimum absolute atomic E-state index is 0.242. The van der Waals surface area contributed by atoms with Gasteiger partial charge in [-0.05, 0) is 38.1 Å². The van der Waals surface area contributed by atoms with Crippen molar-refractivity contribution in [3.8, 4) is 5.95 Å². The fourth-order valence-electron chi connectivity index (χ4n) is 2.90. The average Bonchev–Trinajstić information content (AvgIpc) is 3.02. The van der Waals surface area contributed by atoms with Gasteiger partial charge in [-0.25, -0.2) is 4.98 Å². The molecule has 2 aromatic carbocycles. The predicted octanol–water partition coefficient (Wildman–Crippen LogP) is 2.98. The lowest BCUT2D eigenvalue weighted by Crippen LogP contribution is -2.19. The number of nitrogens with zero attached hydrogens (tertiary/aromatic N) is 3. The Hall–Kier alpha value is -3.74. The Morgan fingerprint density at radius 2 is 1.89 bits per heavy atom. The van der Waals surface area contributed by atoms with Crippen LogP contribution in [0.3, 0.4) is 0 Å². The molecule has 0 aliphatic carbocycles. The van der Waals surface area contributed by atoms with Gasteiger partial charge in [0.05, 0.1) is 16.6 Å². The fourth-order valence-corrected chi connectivity index (χ4v) is 2.90. The van der Waals surface area contributed by atoms with E-state index in [0.717, 1.165) is 5.56 Å². The predicted molar refractivity (Wildman–Crippen MR) is 103 cm³/mol. The number of benzene rings is 2. The highest BCUT2D eigenvalue weighted by atomic mass is 16.1. The van der Waals surface area contributed by atoms with Crippen LogP contribution in [0.1, 0.15) is 21.6 Å². The zero-order valence-corrected chi connectivity index (χ0v) is 14.9. The molecule has 0 atom stereocenters. The quantitative estimate of drug-likeness (QED) is 0.588. The molecular weight excluding hydrogens is 342 g/mol. The molecule has 0 aliphatic rings. The van der Waals surface area contributed by atoms with Crippen LogP contribution in [0.15, 0.2) is 59.4 Å². The molecule has 134 valence electrons. The number of nitrogens with one attached hydrogen (secondary N) is 2. The number of H-pyrrole nitrogens is 1. The van der Waals surface area contributed by atoms with Crippen LogP contribution in [0.25, 0.3) is 16.9 Å². The topological polar surface area (TPSA) is 92.7 Å². The number of para-hydroxylation sites is 1. The molecule has 0 aliphatic heterocycles. The van der Waals surface area contributed by atoms with Gasteiger partial charge < -0.3 is 5.32 Å². The second-order valence-corrected chi connectivity index (χ2v) is 6.31. The first-order valence-electron chi connectivity index (χ1n) is 8.45. The van der Waals surface area contributed by atoms with Crippen LogP contribution in [0, 0.1) is 13.8 Å². The maximum Gasteiger partial charge on any atom is 0.260 e. The van der Waals surface area contributed by atoms with Crippen molar-refractivity contribution in [1.29, 1.82) is 0 Å². The summed E-state index contributed by atoms with van der Waals surface area (Å²) in [6.07, 6.45) is 0. The lowest BCUT2D eigenvalue weighted by molar-refractivity contribution is 0.102. The van der Waals surface area contributed by atoms with E-state index >= 15 is 0 Å². The molecule has 0 saturated carbocycles. The Morgan fingerprint density at radius 1 is 1.07 bits per heavy atom. The lowest BCUT2D eigenvalue weighted by atomic mass is 10.1. The Kier molecular flexibility index (Phi) is 4.04. The van der Waals surface area contributed by atoms with Crippen molar-refractivity contribution in [2.24, 2.45) is 0 Å². The normalized spacial score (nSPS) is 10.9. The standard InChI is InChI=1S/C20H17N5O2/c1-12-6-5-7-14(10-12)18(26)22-17-11-13(2)24-25(17)20-21-16-9-4-3-8-15(16)19(27)23-20/h3-11H,1-2H3,(H,22,26)(H,21,23,27). The number of hydrogen-bond acceptors (Lipinski definition) is 4. The van der Waals surface area contributed by atoms with E-state index in [2.05, 4.69) is 20.4 Å². The summed E-state index contributed by atoms with van der Waals surface area (Å²) in [5.41, 5.74) is 2.51. The highest BCUT2D eigenvalue weighted by Crippen LogP contribution is 2.17. The summed E-state index contributed by atoms with van der Waals surface area (Å²) in [6, 6.07) is 16.1. The van der Waals surface area contributed by atoms with E-state index in [-0.39, 0.29) is 17.4 Å². The summed E-state index contributed by atoms with van der Waals surface area (Å²) >= 11 is 0. The molecule has 0 unspecified atom stereocenters. The zero-order valence-electron chi connectivity index (χ0n) is 14.9. The highest BCUT2D eigenvalue weighted by molar-refractivity contribution is 6.04. The van der Waals surface area contributed by atoms with E-state index in [0.29, 0.717) is 28.0 Å². The third-order valence-electron chi connectivity index (χ3n) is 4.15. The van der Waals surface area contributed by atoms with Crippen LogP contribution < -0.4 is 10.9 Å². The number of aromatic amines is 1. The van der Waals surface area contributed by atoms with E-state index < -0.39 is 0 Å². The lowest BCUT2D eigenvalue weighted by Gasteiger charge is -2.09. The molecule has 0 fully saturated rings. The average molecular weight is 359 g/mol. The van der Waals surface area contributed by atoms with Crippen molar-refractivity contribution < 1.29 is 4.79 Å². The van der Waals surface area contributed by atoms with Gasteiger partial charge in [-0.3, -0.25) is 14.6 Å². The first-order chi connectivity index (χ1) is 13.0. The summed E-state index contributed by atoms with van der Waals surface area (Å²) in [7, 11) is 0. The SMILES string of the molecule is Cc1cccc(C(=O)Nc2cc(C)nn2-c2nc3ccccc3c(=O)[nH]2)c1. The molecule has 0 saturated heterocycles. The van der Waals surface area contributed by atoms with Crippen LogP contribution in [-0.2, 0) is 0 Å². The van der Waals surface area contributed by atoms with Crippen molar-refractivity contribution in [1.82, 2.24) is 19.7 Å². The largest absolute Gasteiger partial charge is 0.306 e. The van der Waals surface area contributed by atoms with Gasteiger partial charge in [0.25, 0.3) is 11.5 Å². The maximum atomic E-state index is 12.6. The fraction of sp³-hybridized carbons (Fsp3) is 0.100. The molecule has 4 rings (SSSR count). The number of fused-ring (bicyclic) bond motifs is 1. The number of aromatic nitrogens is 4. The van der Waals surface area contributed by atoms with Crippen molar-refractivity contribution in [2.75, 3.05) is 5.32 Å². The molecule has 0 radical (unpaired) electrons. The Bertz CT molecular complexity index is 1220. The first-order valence-corrected chi connectivity index (χ1v) is 8.45. The van der Waals surface area contributed by atoms with E-state index in [1.807, 2.05) is 25.1 Å². The minimum atomic E-state index is -0.264. The molecule has 2 heterocycles. The molecule has 7 heteroatoms. The summed E-state index contributed by atoms with van der Waals surface area (Å²) in [4.78, 5) is 32.1. The van der Waals surface area contributed by atoms with Crippen LogP contribution >= 0.6 is 0 Å². The minimum Gasteiger partial charge on any atom is -0.306 e. The summed E-state index contributed by atoms with van der Waals surface area (Å²) in [5.74, 6) is 0.409. The number of hydrogen-bond donors (Lipinski definition) is 2. The number of rotatable bonds is 3. The monoisotopic (exact) mass is 359 g/mol. The Balaban J connectivity index is 1.75. The summed E-state index contributed by atoms with van der Waals surface area (Å²) in [6.45, 7) is 3.73. The first kappa shape index (κ1) is 16.7. The molecule has 1 amide bonds. The highest BCUT2D eigenvalue weighted by Gasteiger charge is 2.15. The van der Waals surface area contributed by atoms with Crippen molar-refractivity contribution in [3.63, 3.8) is 0 Å². The number of carbonyl (C=O) groups excluding carboxylic acids is 1. The van der Waals surface area contributed by atoms with E-state index in [4.69, 9.17) is 0 Å². The number of aryl methyl sites for hydroxylation is 2. The van der Waals surface area contributed by atoms with Crippen LogP contribution in [0.2, 0.25) is 0 Å². The van der Waals surface area contributed by atoms with Gasteiger partial charge in [0.2, 0.25) is 5.95 Å². The van der Waals surface area contributed by atoms with Gasteiger partial charge in [0.15, 0.2) is 0 Å². The third kappa shape index (κ3) is 3.22. The second-order valence-electron chi connectivity index (χ2n) is 6.31.